The highest BCUT2D eigenvalue weighted by molar-refractivity contribution is 5.94. The van der Waals surface area contributed by atoms with Crippen molar-refractivity contribution in [1.29, 1.82) is 0 Å². The van der Waals surface area contributed by atoms with Crippen molar-refractivity contribution in [2.75, 3.05) is 19.6 Å². The number of aromatic nitrogens is 1. The van der Waals surface area contributed by atoms with Crippen LogP contribution in [-0.4, -0.2) is 58.1 Å². The molecule has 0 aliphatic carbocycles. The minimum Gasteiger partial charge on any atom is -0.441 e. The smallest absolute Gasteiger partial charge is 0.410 e. The van der Waals surface area contributed by atoms with Crippen molar-refractivity contribution in [3.63, 3.8) is 0 Å². The van der Waals surface area contributed by atoms with Gasteiger partial charge in [0, 0.05) is 49.4 Å². The van der Waals surface area contributed by atoms with E-state index in [-0.39, 0.29) is 18.0 Å². The monoisotopic (exact) mass is 359 g/mol. The van der Waals surface area contributed by atoms with Gasteiger partial charge in [-0.05, 0) is 31.9 Å². The molecular weight excluding hydrogens is 330 g/mol. The van der Waals surface area contributed by atoms with Crippen LogP contribution in [0.5, 0.6) is 0 Å². The van der Waals surface area contributed by atoms with Gasteiger partial charge in [0.05, 0.1) is 6.54 Å². The molecule has 1 atom stereocenters. The molecule has 2 aliphatic rings. The standard InChI is InChI=1S/C20H29N3O3/c1-4-6-15(3)23-14-20(26-19(23)25)8-11-22(12-9-20)18(24)16-7-10-21-17(5-2)13-16/h7,10,13,15H,4-6,8-9,11-12,14H2,1-3H3/t15-/m1/s1. The molecule has 2 saturated heterocycles. The van der Waals surface area contributed by atoms with Crippen molar-refractivity contribution in [3.05, 3.63) is 29.6 Å². The Balaban J connectivity index is 1.62. The third kappa shape index (κ3) is 3.69. The maximum absolute atomic E-state index is 12.8. The fourth-order valence-corrected chi connectivity index (χ4v) is 3.93. The first kappa shape index (κ1) is 18.7. The lowest BCUT2D eigenvalue weighted by molar-refractivity contribution is 0.00306. The zero-order valence-corrected chi connectivity index (χ0v) is 16.0. The molecule has 0 radical (unpaired) electrons. The summed E-state index contributed by atoms with van der Waals surface area (Å²) in [5.41, 5.74) is 1.19. The quantitative estimate of drug-likeness (QED) is 0.809. The molecule has 0 unspecified atom stereocenters. The number of amides is 2. The van der Waals surface area contributed by atoms with Gasteiger partial charge in [-0.25, -0.2) is 4.79 Å². The first-order valence-corrected chi connectivity index (χ1v) is 9.72. The zero-order valence-electron chi connectivity index (χ0n) is 16.0. The molecular formula is C20H29N3O3. The highest BCUT2D eigenvalue weighted by Crippen LogP contribution is 2.35. The number of nitrogens with zero attached hydrogens (tertiary/aromatic N) is 3. The molecule has 2 fully saturated rings. The molecule has 0 aromatic carbocycles. The van der Waals surface area contributed by atoms with Crippen LogP contribution in [0.2, 0.25) is 0 Å². The average Bonchev–Trinajstić information content (AvgIpc) is 2.98. The number of piperidine rings is 1. The van der Waals surface area contributed by atoms with Gasteiger partial charge in [-0.2, -0.15) is 0 Å². The molecule has 2 amide bonds. The maximum Gasteiger partial charge on any atom is 0.410 e. The van der Waals surface area contributed by atoms with Crippen LogP contribution in [-0.2, 0) is 11.2 Å². The Morgan fingerprint density at radius 1 is 1.35 bits per heavy atom. The van der Waals surface area contributed by atoms with Crippen molar-refractivity contribution < 1.29 is 14.3 Å². The molecule has 1 spiro atoms. The van der Waals surface area contributed by atoms with Gasteiger partial charge in [0.2, 0.25) is 0 Å². The number of pyridine rings is 1. The fraction of sp³-hybridized carbons (Fsp3) is 0.650. The number of ether oxygens (including phenoxy) is 1. The van der Waals surface area contributed by atoms with Gasteiger partial charge in [0.25, 0.3) is 5.91 Å². The number of carbonyl (C=O) groups excluding carboxylic acids is 2. The van der Waals surface area contributed by atoms with Gasteiger partial charge in [-0.1, -0.05) is 20.3 Å². The largest absolute Gasteiger partial charge is 0.441 e. The number of likely N-dealkylation sites (tertiary alicyclic amines) is 1. The van der Waals surface area contributed by atoms with E-state index in [9.17, 15) is 9.59 Å². The third-order valence-corrected chi connectivity index (χ3v) is 5.62. The second-order valence-electron chi connectivity index (χ2n) is 7.50. The van der Waals surface area contributed by atoms with Gasteiger partial charge in [-0.3, -0.25) is 9.78 Å². The van der Waals surface area contributed by atoms with Crippen molar-refractivity contribution in [3.8, 4) is 0 Å². The molecule has 3 rings (SSSR count). The molecule has 142 valence electrons. The van der Waals surface area contributed by atoms with E-state index in [4.69, 9.17) is 4.74 Å². The number of carbonyl (C=O) groups is 2. The summed E-state index contributed by atoms with van der Waals surface area (Å²) in [5.74, 6) is 0.0393. The van der Waals surface area contributed by atoms with Crippen LogP contribution in [0.25, 0.3) is 0 Å². The Kier molecular flexibility index (Phi) is 5.49. The van der Waals surface area contributed by atoms with E-state index in [0.717, 1.165) is 25.0 Å². The van der Waals surface area contributed by atoms with Crippen LogP contribution in [0, 0.1) is 0 Å². The third-order valence-electron chi connectivity index (χ3n) is 5.62. The highest BCUT2D eigenvalue weighted by atomic mass is 16.6. The summed E-state index contributed by atoms with van der Waals surface area (Å²) in [7, 11) is 0. The van der Waals surface area contributed by atoms with Crippen LogP contribution >= 0.6 is 0 Å². The van der Waals surface area contributed by atoms with E-state index in [1.807, 2.05) is 22.8 Å². The van der Waals surface area contributed by atoms with Gasteiger partial charge >= 0.3 is 6.09 Å². The molecule has 6 heteroatoms. The van der Waals surface area contributed by atoms with Gasteiger partial charge in [-0.15, -0.1) is 0 Å². The van der Waals surface area contributed by atoms with Crippen molar-refractivity contribution in [2.45, 2.75) is 64.5 Å². The van der Waals surface area contributed by atoms with Crippen molar-refractivity contribution >= 4 is 12.0 Å². The summed E-state index contributed by atoms with van der Waals surface area (Å²) in [6.45, 7) is 8.11. The Morgan fingerprint density at radius 2 is 2.08 bits per heavy atom. The summed E-state index contributed by atoms with van der Waals surface area (Å²) in [5, 5.41) is 0. The van der Waals surface area contributed by atoms with Crippen LogP contribution in [0.4, 0.5) is 4.79 Å². The minimum atomic E-state index is -0.428. The Morgan fingerprint density at radius 3 is 2.73 bits per heavy atom. The van der Waals surface area contributed by atoms with Crippen LogP contribution in [0.15, 0.2) is 18.3 Å². The molecule has 3 heterocycles. The first-order valence-electron chi connectivity index (χ1n) is 9.72. The molecule has 26 heavy (non-hydrogen) atoms. The van der Waals surface area contributed by atoms with E-state index in [0.29, 0.717) is 38.0 Å². The van der Waals surface area contributed by atoms with Crippen molar-refractivity contribution in [2.24, 2.45) is 0 Å². The number of rotatable bonds is 5. The molecule has 1 aromatic rings. The topological polar surface area (TPSA) is 62.7 Å². The Labute approximate surface area is 155 Å². The minimum absolute atomic E-state index is 0.0393. The summed E-state index contributed by atoms with van der Waals surface area (Å²) in [6.07, 6.45) is 5.74. The Hall–Kier alpha value is -2.11. The molecule has 6 nitrogen and oxygen atoms in total. The number of hydrogen-bond donors (Lipinski definition) is 0. The molecule has 0 bridgehead atoms. The number of hydrogen-bond acceptors (Lipinski definition) is 4. The summed E-state index contributed by atoms with van der Waals surface area (Å²) < 4.78 is 5.78. The predicted octanol–water partition coefficient (Wildman–Crippen LogP) is 3.26. The van der Waals surface area contributed by atoms with Crippen molar-refractivity contribution in [1.82, 2.24) is 14.8 Å². The van der Waals surface area contributed by atoms with E-state index in [2.05, 4.69) is 18.8 Å². The summed E-state index contributed by atoms with van der Waals surface area (Å²) >= 11 is 0. The lowest BCUT2D eigenvalue weighted by Gasteiger charge is -2.37. The van der Waals surface area contributed by atoms with E-state index < -0.39 is 5.60 Å². The molecule has 1 aromatic heterocycles. The molecule has 0 N–H and O–H groups in total. The normalized spacial score (nSPS) is 20.3. The number of aryl methyl sites for hydroxylation is 1. The fourth-order valence-electron chi connectivity index (χ4n) is 3.93. The first-order chi connectivity index (χ1) is 12.5. The lowest BCUT2D eigenvalue weighted by Crippen LogP contribution is -2.49. The van der Waals surface area contributed by atoms with Crippen LogP contribution < -0.4 is 0 Å². The van der Waals surface area contributed by atoms with Gasteiger partial charge in [0.15, 0.2) is 0 Å². The lowest BCUT2D eigenvalue weighted by atomic mass is 9.90. The zero-order chi connectivity index (χ0) is 18.7. The second-order valence-corrected chi connectivity index (χ2v) is 7.50. The van der Waals surface area contributed by atoms with Crippen LogP contribution in [0.1, 0.15) is 62.5 Å². The molecule has 2 aliphatic heterocycles. The van der Waals surface area contributed by atoms with Gasteiger partial charge < -0.3 is 14.5 Å². The van der Waals surface area contributed by atoms with Crippen LogP contribution in [0.3, 0.4) is 0 Å². The SMILES string of the molecule is CCC[C@@H](C)N1CC2(CCN(C(=O)c3ccnc(CC)c3)CC2)OC1=O. The summed E-state index contributed by atoms with van der Waals surface area (Å²) in [4.78, 5) is 33.0. The van der Waals surface area contributed by atoms with E-state index >= 15 is 0 Å². The maximum atomic E-state index is 12.8. The van der Waals surface area contributed by atoms with E-state index in [1.54, 1.807) is 12.3 Å². The van der Waals surface area contributed by atoms with Gasteiger partial charge in [0.1, 0.15) is 5.60 Å². The Bertz CT molecular complexity index is 668. The van der Waals surface area contributed by atoms with E-state index in [1.165, 1.54) is 0 Å². The highest BCUT2D eigenvalue weighted by Gasteiger charge is 2.48. The molecule has 0 saturated carbocycles. The average molecular weight is 359 g/mol. The second kappa shape index (κ2) is 7.64. The summed E-state index contributed by atoms with van der Waals surface area (Å²) in [6, 6.07) is 3.85. The predicted molar refractivity (Wildman–Crippen MR) is 99.0 cm³/mol.